The van der Waals surface area contributed by atoms with E-state index >= 15 is 0 Å². The quantitative estimate of drug-likeness (QED) is 0.321. The second-order valence-corrected chi connectivity index (χ2v) is 9.39. The van der Waals surface area contributed by atoms with Crippen molar-refractivity contribution in [2.75, 3.05) is 21.9 Å². The van der Waals surface area contributed by atoms with Crippen molar-refractivity contribution >= 4 is 40.1 Å². The average Bonchev–Trinajstić information content (AvgIpc) is 3.41. The number of carbonyl (C=O) groups is 1. The highest BCUT2D eigenvalue weighted by Crippen LogP contribution is 2.29. The van der Waals surface area contributed by atoms with Crippen LogP contribution in [-0.4, -0.2) is 28.2 Å². The molecule has 5 nitrogen and oxygen atoms in total. The van der Waals surface area contributed by atoms with Gasteiger partial charge in [0.25, 0.3) is 5.91 Å². The van der Waals surface area contributed by atoms with Gasteiger partial charge in [-0.05, 0) is 73.3 Å². The summed E-state index contributed by atoms with van der Waals surface area (Å²) in [4.78, 5) is 22.0. The zero-order chi connectivity index (χ0) is 23.9. The number of amides is 1. The van der Waals surface area contributed by atoms with Crippen LogP contribution in [0.15, 0.2) is 72.9 Å². The van der Waals surface area contributed by atoms with Crippen molar-refractivity contribution in [2.45, 2.75) is 33.6 Å². The zero-order valence-corrected chi connectivity index (χ0v) is 20.7. The molecule has 5 rings (SSSR count). The van der Waals surface area contributed by atoms with Crippen molar-refractivity contribution in [3.8, 4) is 11.4 Å². The Kier molecular flexibility index (Phi) is 7.80. The third-order valence-electron chi connectivity index (χ3n) is 5.40. The maximum absolute atomic E-state index is 12.8. The summed E-state index contributed by atoms with van der Waals surface area (Å²) >= 11 is 1.83. The molecule has 174 valence electrons. The number of aryl methyl sites for hydroxylation is 1. The topological polar surface area (TPSA) is 58.1 Å². The molecule has 3 aromatic carbocycles. The van der Waals surface area contributed by atoms with Crippen LogP contribution < -0.4 is 9.62 Å². The predicted octanol–water partition coefficient (Wildman–Crippen LogP) is 7.13. The molecule has 0 saturated carbocycles. The molecule has 1 saturated heterocycles. The van der Waals surface area contributed by atoms with Gasteiger partial charge in [-0.1, -0.05) is 44.5 Å². The summed E-state index contributed by atoms with van der Waals surface area (Å²) in [5.41, 5.74) is 5.37. The summed E-state index contributed by atoms with van der Waals surface area (Å²) in [6, 6.07) is 21.5. The molecule has 0 unspecified atom stereocenters. The summed E-state index contributed by atoms with van der Waals surface area (Å²) in [6.07, 6.45) is 4.28. The van der Waals surface area contributed by atoms with Crippen LogP contribution in [0.4, 0.5) is 11.4 Å². The molecule has 6 heteroatoms. The molecule has 0 bridgehead atoms. The van der Waals surface area contributed by atoms with Crippen LogP contribution in [0.1, 0.15) is 42.6 Å². The number of nitrogens with zero attached hydrogens (tertiary/aromatic N) is 3. The van der Waals surface area contributed by atoms with Crippen LogP contribution in [-0.2, 0) is 0 Å². The molecule has 1 fully saturated rings. The van der Waals surface area contributed by atoms with E-state index in [0.717, 1.165) is 45.7 Å². The summed E-state index contributed by atoms with van der Waals surface area (Å²) in [7, 11) is 0. The second-order valence-electron chi connectivity index (χ2n) is 8.28. The van der Waals surface area contributed by atoms with Crippen molar-refractivity contribution in [1.29, 1.82) is 0 Å². The minimum absolute atomic E-state index is 0.130. The van der Waals surface area contributed by atoms with Gasteiger partial charge in [0.15, 0.2) is 5.82 Å². The summed E-state index contributed by atoms with van der Waals surface area (Å²) in [5, 5.41) is 4.01. The van der Waals surface area contributed by atoms with E-state index in [1.54, 1.807) is 0 Å². The molecule has 34 heavy (non-hydrogen) atoms. The molecule has 1 aliphatic heterocycles. The fourth-order valence-corrected chi connectivity index (χ4v) is 4.68. The van der Waals surface area contributed by atoms with Gasteiger partial charge < -0.3 is 9.62 Å². The maximum Gasteiger partial charge on any atom is 0.255 e. The minimum atomic E-state index is -0.130. The van der Waals surface area contributed by atoms with Gasteiger partial charge in [0.05, 0.1) is 5.52 Å². The zero-order valence-electron chi connectivity index (χ0n) is 19.9. The van der Waals surface area contributed by atoms with Crippen LogP contribution in [0.25, 0.3) is 22.3 Å². The first kappa shape index (κ1) is 23.8. The van der Waals surface area contributed by atoms with E-state index in [2.05, 4.69) is 28.5 Å². The Morgan fingerprint density at radius 3 is 2.56 bits per heavy atom. The van der Waals surface area contributed by atoms with Gasteiger partial charge in [0, 0.05) is 46.4 Å². The normalized spacial score (nSPS) is 12.9. The number of nitrogens with one attached hydrogen (secondary N) is 1. The summed E-state index contributed by atoms with van der Waals surface area (Å²) < 4.78 is 2.28. The van der Waals surface area contributed by atoms with Crippen LogP contribution in [0.5, 0.6) is 0 Å². The van der Waals surface area contributed by atoms with Gasteiger partial charge in [-0.15, -0.1) is 0 Å². The largest absolute Gasteiger partial charge is 0.322 e. The number of benzene rings is 3. The van der Waals surface area contributed by atoms with Gasteiger partial charge in [0.1, 0.15) is 0 Å². The molecule has 2 heterocycles. The minimum Gasteiger partial charge on any atom is -0.322 e. The maximum atomic E-state index is 12.8. The molecular formula is C28H30N4OS. The lowest BCUT2D eigenvalue weighted by Crippen LogP contribution is -2.13. The first-order valence-corrected chi connectivity index (χ1v) is 12.7. The van der Waals surface area contributed by atoms with E-state index in [1.807, 2.05) is 91.8 Å². The highest BCUT2D eigenvalue weighted by Gasteiger charge is 2.15. The monoisotopic (exact) mass is 470 g/mol. The van der Waals surface area contributed by atoms with E-state index in [9.17, 15) is 4.79 Å². The summed E-state index contributed by atoms with van der Waals surface area (Å²) in [6.45, 7) is 7.33. The molecular weight excluding hydrogens is 440 g/mol. The van der Waals surface area contributed by atoms with Gasteiger partial charge in [-0.25, -0.2) is 9.97 Å². The Bertz CT molecular complexity index is 1270. The van der Waals surface area contributed by atoms with Crippen LogP contribution >= 0.6 is 11.9 Å². The first-order chi connectivity index (χ1) is 16.6. The lowest BCUT2D eigenvalue weighted by Gasteiger charge is -2.16. The fourth-order valence-electron chi connectivity index (χ4n) is 3.68. The Hall–Kier alpha value is -3.38. The van der Waals surface area contributed by atoms with Crippen LogP contribution in [0.3, 0.4) is 0 Å². The number of fused-ring (bicyclic) bond motifs is 1. The lowest BCUT2D eigenvalue weighted by molar-refractivity contribution is 0.102. The van der Waals surface area contributed by atoms with Gasteiger partial charge in [-0.2, -0.15) is 0 Å². The van der Waals surface area contributed by atoms with Gasteiger partial charge >= 0.3 is 0 Å². The highest BCUT2D eigenvalue weighted by atomic mass is 32.2. The Labute approximate surface area is 205 Å². The molecule has 1 amide bonds. The van der Waals surface area contributed by atoms with E-state index < -0.39 is 0 Å². The van der Waals surface area contributed by atoms with Crippen molar-refractivity contribution in [1.82, 2.24) is 9.97 Å². The first-order valence-electron chi connectivity index (χ1n) is 11.7. The molecule has 0 radical (unpaired) electrons. The number of hydrogen-bond donors (Lipinski definition) is 1. The van der Waals surface area contributed by atoms with Crippen LogP contribution in [0, 0.1) is 6.92 Å². The molecule has 0 aliphatic carbocycles. The number of para-hydroxylation sites is 1. The number of carbonyl (C=O) groups excluding carboxylic acids is 1. The fraction of sp³-hybridized carbons (Fsp3) is 0.250. The summed E-state index contributed by atoms with van der Waals surface area (Å²) in [5.74, 6) is 1.67. The molecule has 1 N–H and O–H groups in total. The Balaban J connectivity index is 0.000000868. The predicted molar refractivity (Wildman–Crippen MR) is 144 cm³/mol. The Morgan fingerprint density at radius 2 is 1.82 bits per heavy atom. The van der Waals surface area contributed by atoms with Crippen molar-refractivity contribution in [2.24, 2.45) is 0 Å². The van der Waals surface area contributed by atoms with Crippen molar-refractivity contribution in [3.63, 3.8) is 0 Å². The third-order valence-corrected chi connectivity index (χ3v) is 6.57. The smallest absolute Gasteiger partial charge is 0.255 e. The third kappa shape index (κ3) is 5.57. The number of aromatic nitrogens is 2. The van der Waals surface area contributed by atoms with E-state index in [1.165, 1.54) is 12.8 Å². The Morgan fingerprint density at radius 1 is 1.06 bits per heavy atom. The van der Waals surface area contributed by atoms with E-state index in [-0.39, 0.29) is 5.91 Å². The van der Waals surface area contributed by atoms with E-state index in [4.69, 9.17) is 4.98 Å². The standard InChI is InChI=1S/C25H22N4OS.C3H8/c1-17-7-10-20(15-22(17)24-26-16-19-5-2-3-6-23(19)28-24)27-25(30)18-8-11-21(12-9-18)29-13-4-14-31-29;1-3-2/h2-3,5-12,15-16H,4,13-14H2,1H3,(H,27,30);3H2,1-2H3. The van der Waals surface area contributed by atoms with Crippen molar-refractivity contribution in [3.05, 3.63) is 84.1 Å². The second kappa shape index (κ2) is 11.2. The van der Waals surface area contributed by atoms with Crippen molar-refractivity contribution < 1.29 is 4.79 Å². The lowest BCUT2D eigenvalue weighted by atomic mass is 10.1. The van der Waals surface area contributed by atoms with Gasteiger partial charge in [0.2, 0.25) is 0 Å². The molecule has 4 aromatic rings. The van der Waals surface area contributed by atoms with Gasteiger partial charge in [-0.3, -0.25) is 4.79 Å². The van der Waals surface area contributed by atoms with Crippen LogP contribution in [0.2, 0.25) is 0 Å². The SMILES string of the molecule is CCC.Cc1ccc(NC(=O)c2ccc(N3CCCS3)cc2)cc1-c1ncc2ccccc2n1. The molecule has 0 spiro atoms. The highest BCUT2D eigenvalue weighted by molar-refractivity contribution is 8.00. The number of anilines is 2. The molecule has 0 atom stereocenters. The number of rotatable bonds is 4. The number of hydrogen-bond acceptors (Lipinski definition) is 5. The molecule has 1 aliphatic rings. The molecule has 1 aromatic heterocycles. The van der Waals surface area contributed by atoms with E-state index in [0.29, 0.717) is 11.4 Å². The average molecular weight is 471 g/mol.